The molecule has 1 aromatic carbocycles. The fraction of sp³-hybridized carbons (Fsp3) is 0.316. The van der Waals surface area contributed by atoms with Crippen LogP contribution < -0.4 is 0 Å². The van der Waals surface area contributed by atoms with E-state index in [9.17, 15) is 12.8 Å². The molecule has 0 aliphatic heterocycles. The molecule has 1 aliphatic carbocycles. The van der Waals surface area contributed by atoms with Gasteiger partial charge in [-0.15, -0.1) is 10.2 Å². The third-order valence-electron chi connectivity index (χ3n) is 5.56. The van der Waals surface area contributed by atoms with Crippen molar-refractivity contribution in [2.75, 3.05) is 5.75 Å². The third-order valence-corrected chi connectivity index (χ3v) is 7.69. The largest absolute Gasteiger partial charge is 0.345 e. The van der Waals surface area contributed by atoms with E-state index in [0.717, 1.165) is 35.9 Å². The van der Waals surface area contributed by atoms with Gasteiger partial charge in [0.05, 0.1) is 17.5 Å². The van der Waals surface area contributed by atoms with Crippen molar-refractivity contribution in [2.24, 2.45) is 5.92 Å². The van der Waals surface area contributed by atoms with Gasteiger partial charge in [-0.3, -0.25) is 4.40 Å². The lowest BCUT2D eigenvalue weighted by Crippen LogP contribution is -2.16. The van der Waals surface area contributed by atoms with Crippen LogP contribution in [-0.2, 0) is 9.84 Å². The number of nitrogens with zero attached hydrogens (tertiary/aromatic N) is 4. The Hall–Kier alpha value is -2.52. The summed E-state index contributed by atoms with van der Waals surface area (Å²) in [7, 11) is -3.77. The van der Waals surface area contributed by atoms with Crippen LogP contribution in [0.15, 0.2) is 41.6 Å². The first-order chi connectivity index (χ1) is 13.9. The predicted molar refractivity (Wildman–Crippen MR) is 106 cm³/mol. The molecule has 0 radical (unpaired) electrons. The highest BCUT2D eigenvalue weighted by Gasteiger charge is 2.34. The Bertz CT molecular complexity index is 1330. The zero-order valence-corrected chi connectivity index (χ0v) is 16.8. The van der Waals surface area contributed by atoms with Gasteiger partial charge in [0.15, 0.2) is 21.1 Å². The second kappa shape index (κ2) is 6.77. The number of aromatic amines is 1. The molecule has 150 valence electrons. The molecule has 3 heterocycles. The minimum atomic E-state index is -3.77. The Morgan fingerprint density at radius 2 is 2.10 bits per heavy atom. The smallest absolute Gasteiger partial charge is 0.181 e. The molecule has 0 bridgehead atoms. The summed E-state index contributed by atoms with van der Waals surface area (Å²) in [5, 5.41) is 8.77. The van der Waals surface area contributed by atoms with Gasteiger partial charge in [0.25, 0.3) is 0 Å². The first-order valence-corrected chi connectivity index (χ1v) is 11.3. The fourth-order valence-corrected chi connectivity index (χ4v) is 6.25. The van der Waals surface area contributed by atoms with Crippen LogP contribution in [0.5, 0.6) is 0 Å². The summed E-state index contributed by atoms with van der Waals surface area (Å²) < 4.78 is 41.6. The second-order valence-corrected chi connectivity index (χ2v) is 9.89. The Balaban J connectivity index is 1.41. The van der Waals surface area contributed by atoms with Crippen molar-refractivity contribution in [2.45, 2.75) is 30.1 Å². The highest BCUT2D eigenvalue weighted by Crippen LogP contribution is 2.39. The summed E-state index contributed by atoms with van der Waals surface area (Å²) in [5.74, 6) is -0.0803. The van der Waals surface area contributed by atoms with Crippen molar-refractivity contribution in [1.82, 2.24) is 24.6 Å². The molecule has 3 aromatic heterocycles. The Labute approximate surface area is 170 Å². The average Bonchev–Trinajstić information content (AvgIpc) is 3.40. The number of benzene rings is 1. The Kier molecular flexibility index (Phi) is 4.32. The Morgan fingerprint density at radius 1 is 1.24 bits per heavy atom. The van der Waals surface area contributed by atoms with Gasteiger partial charge in [-0.2, -0.15) is 0 Å². The van der Waals surface area contributed by atoms with Crippen LogP contribution in [0.1, 0.15) is 31.0 Å². The van der Waals surface area contributed by atoms with E-state index in [4.69, 9.17) is 11.6 Å². The molecule has 1 saturated carbocycles. The van der Waals surface area contributed by atoms with Crippen LogP contribution in [0.3, 0.4) is 0 Å². The normalized spacial score (nSPS) is 20.1. The van der Waals surface area contributed by atoms with Crippen molar-refractivity contribution in [3.8, 4) is 0 Å². The minimum absolute atomic E-state index is 0.0786. The van der Waals surface area contributed by atoms with E-state index in [2.05, 4.69) is 20.2 Å². The summed E-state index contributed by atoms with van der Waals surface area (Å²) >= 11 is 5.87. The summed E-state index contributed by atoms with van der Waals surface area (Å²) in [5.41, 5.74) is 2.29. The molecular formula is C19H17ClFN5O2S. The number of nitrogens with one attached hydrogen (secondary N) is 1. The highest BCUT2D eigenvalue weighted by atomic mass is 35.5. The monoisotopic (exact) mass is 433 g/mol. The third kappa shape index (κ3) is 3.18. The summed E-state index contributed by atoms with van der Waals surface area (Å²) in [6.07, 6.45) is 5.64. The van der Waals surface area contributed by atoms with Crippen LogP contribution in [0, 0.1) is 11.7 Å². The molecule has 0 spiro atoms. The van der Waals surface area contributed by atoms with Gasteiger partial charge < -0.3 is 4.98 Å². The molecular weight excluding hydrogens is 417 g/mol. The van der Waals surface area contributed by atoms with Crippen LogP contribution >= 0.6 is 11.6 Å². The number of fused-ring (bicyclic) bond motifs is 3. The van der Waals surface area contributed by atoms with E-state index >= 15 is 0 Å². The fourth-order valence-electron chi connectivity index (χ4n) is 4.24. The number of rotatable bonds is 4. The van der Waals surface area contributed by atoms with E-state index < -0.39 is 15.7 Å². The number of hydrogen-bond acceptors (Lipinski definition) is 5. The van der Waals surface area contributed by atoms with E-state index in [1.165, 1.54) is 12.1 Å². The number of H-pyrrole nitrogens is 1. The lowest BCUT2D eigenvalue weighted by atomic mass is 10.1. The lowest BCUT2D eigenvalue weighted by molar-refractivity contribution is 0.538. The van der Waals surface area contributed by atoms with Crippen LogP contribution in [0.4, 0.5) is 4.39 Å². The first kappa shape index (κ1) is 18.5. The maximum Gasteiger partial charge on any atom is 0.181 e. The molecule has 0 amide bonds. The SMILES string of the molecule is O=S(=O)(C[C@H]1CC[C@@H](c2nnc3cnc4[nH]ccc4n23)C1)c1cc(Cl)ccc1F. The second-order valence-electron chi connectivity index (χ2n) is 7.45. The maximum atomic E-state index is 14.1. The van der Waals surface area contributed by atoms with E-state index in [1.807, 2.05) is 16.7 Å². The van der Waals surface area contributed by atoms with Crippen LogP contribution in [0.2, 0.25) is 5.02 Å². The summed E-state index contributed by atoms with van der Waals surface area (Å²) in [4.78, 5) is 7.06. The van der Waals surface area contributed by atoms with Gasteiger partial charge in [0.2, 0.25) is 0 Å². The minimum Gasteiger partial charge on any atom is -0.345 e. The van der Waals surface area contributed by atoms with Crippen LogP contribution in [-0.4, -0.2) is 38.7 Å². The molecule has 5 rings (SSSR count). The molecule has 0 unspecified atom stereocenters. The quantitative estimate of drug-likeness (QED) is 0.529. The number of halogens is 2. The molecule has 7 nitrogen and oxygen atoms in total. The van der Waals surface area contributed by atoms with E-state index in [1.54, 1.807) is 6.20 Å². The van der Waals surface area contributed by atoms with Gasteiger partial charge in [0.1, 0.15) is 16.5 Å². The maximum absolute atomic E-state index is 14.1. The number of hydrogen-bond donors (Lipinski definition) is 1. The van der Waals surface area contributed by atoms with Crippen molar-refractivity contribution < 1.29 is 12.8 Å². The average molecular weight is 434 g/mol. The van der Waals surface area contributed by atoms with E-state index in [0.29, 0.717) is 12.1 Å². The lowest BCUT2D eigenvalue weighted by Gasteiger charge is -2.12. The van der Waals surface area contributed by atoms with Gasteiger partial charge >= 0.3 is 0 Å². The molecule has 2 atom stereocenters. The molecule has 0 saturated heterocycles. The van der Waals surface area contributed by atoms with Gasteiger partial charge in [-0.25, -0.2) is 17.8 Å². The van der Waals surface area contributed by atoms with Crippen LogP contribution in [0.25, 0.3) is 16.8 Å². The van der Waals surface area contributed by atoms with Gasteiger partial charge in [-0.1, -0.05) is 11.6 Å². The topological polar surface area (TPSA) is 93.0 Å². The molecule has 1 aliphatic rings. The molecule has 10 heteroatoms. The predicted octanol–water partition coefficient (Wildman–Crippen LogP) is 3.76. The summed E-state index contributed by atoms with van der Waals surface area (Å²) in [6.45, 7) is 0. The van der Waals surface area contributed by atoms with Crippen molar-refractivity contribution >= 4 is 38.2 Å². The van der Waals surface area contributed by atoms with Gasteiger partial charge in [-0.05, 0) is 49.4 Å². The first-order valence-electron chi connectivity index (χ1n) is 9.27. The summed E-state index contributed by atoms with van der Waals surface area (Å²) in [6, 6.07) is 5.53. The molecule has 1 fully saturated rings. The highest BCUT2D eigenvalue weighted by molar-refractivity contribution is 7.91. The van der Waals surface area contributed by atoms with Crippen molar-refractivity contribution in [3.63, 3.8) is 0 Å². The van der Waals surface area contributed by atoms with Crippen molar-refractivity contribution in [3.05, 3.63) is 53.3 Å². The molecule has 4 aromatic rings. The number of aromatic nitrogens is 5. The standard InChI is InChI=1S/C19H17ClFN5O2S/c20-13-3-4-14(21)16(8-13)29(27,28)10-11-1-2-12(7-11)19-25-24-17-9-23-18-15(26(17)19)5-6-22-18/h3-6,8-9,11-12,22H,1-2,7,10H2/t11-,12+/m0/s1. The molecule has 1 N–H and O–H groups in total. The van der Waals surface area contributed by atoms with Gasteiger partial charge in [0, 0.05) is 17.1 Å². The zero-order chi connectivity index (χ0) is 20.2. The molecule has 29 heavy (non-hydrogen) atoms. The zero-order valence-electron chi connectivity index (χ0n) is 15.2. The van der Waals surface area contributed by atoms with E-state index in [-0.39, 0.29) is 27.5 Å². The van der Waals surface area contributed by atoms with Crippen molar-refractivity contribution in [1.29, 1.82) is 0 Å². The Morgan fingerprint density at radius 3 is 2.97 bits per heavy atom. The number of sulfone groups is 1.